The number of alkyl halides is 3. The number of nitrogens with one attached hydrogen (secondary N) is 2. The first kappa shape index (κ1) is 26.6. The van der Waals surface area contributed by atoms with Crippen LogP contribution in [0.2, 0.25) is 0 Å². The van der Waals surface area contributed by atoms with Crippen molar-refractivity contribution in [3.05, 3.63) is 71.9 Å². The van der Waals surface area contributed by atoms with Crippen molar-refractivity contribution in [2.75, 3.05) is 18.9 Å². The Bertz CT molecular complexity index is 1590. The summed E-state index contributed by atoms with van der Waals surface area (Å²) in [4.78, 5) is 21.7. The second kappa shape index (κ2) is 10.3. The van der Waals surface area contributed by atoms with Crippen molar-refractivity contribution < 1.29 is 30.8 Å². The van der Waals surface area contributed by atoms with E-state index in [1.165, 1.54) is 18.2 Å². The first-order chi connectivity index (χ1) is 18.6. The van der Waals surface area contributed by atoms with Gasteiger partial charge in [-0.2, -0.15) is 17.5 Å². The molecule has 9 nitrogen and oxygen atoms in total. The van der Waals surface area contributed by atoms with Gasteiger partial charge in [0.25, 0.3) is 10.0 Å². The predicted octanol–water partition coefficient (Wildman–Crippen LogP) is 4.42. The van der Waals surface area contributed by atoms with Gasteiger partial charge in [0.05, 0.1) is 23.5 Å². The highest BCUT2D eigenvalue weighted by Gasteiger charge is 2.41. The van der Waals surface area contributed by atoms with E-state index >= 15 is 0 Å². The Morgan fingerprint density at radius 2 is 1.85 bits per heavy atom. The maximum Gasteiger partial charge on any atom is 0.416 e. The molecule has 1 unspecified atom stereocenters. The summed E-state index contributed by atoms with van der Waals surface area (Å²) in [5, 5.41) is 5.96. The average molecular weight is 560 g/mol. The summed E-state index contributed by atoms with van der Waals surface area (Å²) in [5.41, 5.74) is 0.850. The van der Waals surface area contributed by atoms with Crippen LogP contribution in [0.15, 0.2) is 70.2 Å². The van der Waals surface area contributed by atoms with Crippen molar-refractivity contribution in [2.24, 2.45) is 0 Å². The first-order valence-corrected chi connectivity index (χ1v) is 13.5. The van der Waals surface area contributed by atoms with Crippen molar-refractivity contribution in [1.82, 2.24) is 19.6 Å². The standard InChI is InChI=1S/C26H24F3N5O4S/c1-30-25-32-19(14-20(33-25)16-8-10-18(11-9-16)26(27,28)29)15-31-24(35)21-6-4-12-34(21)39(36,37)23-13-17-5-2-3-7-22(17)38-23/h2-3,5,7-11,13-14,21H,4,6,12,15H2,1H3,(H,31,35)(H,30,32,33). The van der Waals surface area contributed by atoms with Crippen molar-refractivity contribution in [2.45, 2.75) is 36.7 Å². The monoisotopic (exact) mass is 559 g/mol. The largest absolute Gasteiger partial charge is 0.443 e. The minimum atomic E-state index is -4.46. The molecule has 2 aromatic carbocycles. The van der Waals surface area contributed by atoms with Crippen LogP contribution in [0, 0.1) is 0 Å². The molecular weight excluding hydrogens is 535 g/mol. The number of sulfonamides is 1. The minimum absolute atomic E-state index is 0.0430. The number of hydrogen-bond acceptors (Lipinski definition) is 7. The zero-order chi connectivity index (χ0) is 27.8. The molecule has 1 atom stereocenters. The van der Waals surface area contributed by atoms with E-state index in [0.29, 0.717) is 40.8 Å². The molecule has 2 N–H and O–H groups in total. The summed E-state index contributed by atoms with van der Waals surface area (Å²) >= 11 is 0. The topological polar surface area (TPSA) is 117 Å². The summed E-state index contributed by atoms with van der Waals surface area (Å²) < 4.78 is 72.1. The number of anilines is 1. The number of benzene rings is 2. The number of carbonyl (C=O) groups is 1. The highest BCUT2D eigenvalue weighted by molar-refractivity contribution is 7.89. The van der Waals surface area contributed by atoms with Gasteiger partial charge >= 0.3 is 6.18 Å². The van der Waals surface area contributed by atoms with Gasteiger partial charge in [-0.1, -0.05) is 30.3 Å². The average Bonchev–Trinajstić information content (AvgIpc) is 3.60. The van der Waals surface area contributed by atoms with Gasteiger partial charge in [-0.05, 0) is 37.1 Å². The first-order valence-electron chi connectivity index (χ1n) is 12.1. The smallest absolute Gasteiger partial charge is 0.416 e. The van der Waals surface area contributed by atoms with Gasteiger partial charge in [0.1, 0.15) is 11.6 Å². The molecule has 0 bridgehead atoms. The molecule has 5 rings (SSSR count). The Morgan fingerprint density at radius 1 is 1.10 bits per heavy atom. The molecule has 1 fully saturated rings. The number of furan rings is 1. The fourth-order valence-electron chi connectivity index (χ4n) is 4.46. The normalized spacial score (nSPS) is 16.5. The van der Waals surface area contributed by atoms with Crippen LogP contribution < -0.4 is 10.6 Å². The van der Waals surface area contributed by atoms with Crippen LogP contribution in [0.1, 0.15) is 24.1 Å². The van der Waals surface area contributed by atoms with Crippen molar-refractivity contribution in [1.29, 1.82) is 0 Å². The zero-order valence-electron chi connectivity index (χ0n) is 20.7. The molecule has 39 heavy (non-hydrogen) atoms. The summed E-state index contributed by atoms with van der Waals surface area (Å²) in [6.45, 7) is 0.131. The third kappa shape index (κ3) is 5.45. The van der Waals surface area contributed by atoms with Crippen molar-refractivity contribution >= 4 is 32.8 Å². The van der Waals surface area contributed by atoms with Crippen LogP contribution in [-0.2, 0) is 27.5 Å². The SMILES string of the molecule is CNc1nc(CNC(=O)C2CCCN2S(=O)(=O)c2cc3ccccc3o2)cc(-c2ccc(C(F)(F)F)cc2)n1. The molecule has 4 aromatic rings. The zero-order valence-corrected chi connectivity index (χ0v) is 21.5. The van der Waals surface area contributed by atoms with Gasteiger partial charge in [0.15, 0.2) is 0 Å². The van der Waals surface area contributed by atoms with E-state index in [1.807, 2.05) is 0 Å². The maximum absolute atomic E-state index is 13.3. The van der Waals surface area contributed by atoms with Gasteiger partial charge in [-0.15, -0.1) is 0 Å². The molecule has 3 heterocycles. The quantitative estimate of drug-likeness (QED) is 0.344. The molecule has 0 aliphatic carbocycles. The van der Waals surface area contributed by atoms with E-state index in [0.717, 1.165) is 16.4 Å². The number of aromatic nitrogens is 2. The van der Waals surface area contributed by atoms with Gasteiger partial charge in [-0.25, -0.2) is 18.4 Å². The van der Waals surface area contributed by atoms with Crippen LogP contribution in [0.4, 0.5) is 19.1 Å². The summed E-state index contributed by atoms with van der Waals surface area (Å²) in [7, 11) is -2.46. The molecule has 0 saturated carbocycles. The molecule has 0 radical (unpaired) electrons. The van der Waals surface area contributed by atoms with Gasteiger partial charge < -0.3 is 15.1 Å². The van der Waals surface area contributed by atoms with Gasteiger partial charge in [0, 0.05) is 30.6 Å². The molecule has 13 heteroatoms. The number of fused-ring (bicyclic) bond motifs is 1. The lowest BCUT2D eigenvalue weighted by molar-refractivity contribution is -0.137. The summed E-state index contributed by atoms with van der Waals surface area (Å²) in [6.07, 6.45) is -3.61. The Balaban J connectivity index is 1.32. The Kier molecular flexibility index (Phi) is 7.03. The van der Waals surface area contributed by atoms with Gasteiger partial charge in [-0.3, -0.25) is 4.79 Å². The molecule has 1 aliphatic rings. The van der Waals surface area contributed by atoms with Crippen LogP contribution in [0.5, 0.6) is 0 Å². The van der Waals surface area contributed by atoms with E-state index in [-0.39, 0.29) is 24.1 Å². The number of amides is 1. The molecule has 1 saturated heterocycles. The Hall–Kier alpha value is -3.97. The molecule has 1 aliphatic heterocycles. The van der Waals surface area contributed by atoms with Crippen LogP contribution in [0.3, 0.4) is 0 Å². The second-order valence-electron chi connectivity index (χ2n) is 8.99. The van der Waals surface area contributed by atoms with Crippen LogP contribution in [0.25, 0.3) is 22.2 Å². The third-order valence-corrected chi connectivity index (χ3v) is 8.19. The molecule has 1 amide bonds. The fraction of sp³-hybridized carbons (Fsp3) is 0.269. The molecular formula is C26H24F3N5O4S. The lowest BCUT2D eigenvalue weighted by Gasteiger charge is -2.22. The third-order valence-electron chi connectivity index (χ3n) is 6.43. The van der Waals surface area contributed by atoms with Crippen LogP contribution >= 0.6 is 0 Å². The summed E-state index contributed by atoms with van der Waals surface area (Å²) in [5.74, 6) is -0.278. The van der Waals surface area contributed by atoms with E-state index in [2.05, 4.69) is 20.6 Å². The Labute approximate surface area is 222 Å². The number of carbonyl (C=O) groups excluding carboxylic acids is 1. The lowest BCUT2D eigenvalue weighted by Crippen LogP contribution is -2.45. The maximum atomic E-state index is 13.3. The Morgan fingerprint density at radius 3 is 2.54 bits per heavy atom. The van der Waals surface area contributed by atoms with Crippen molar-refractivity contribution in [3.63, 3.8) is 0 Å². The van der Waals surface area contributed by atoms with E-state index in [1.54, 1.807) is 37.4 Å². The number of rotatable bonds is 7. The number of hydrogen-bond donors (Lipinski definition) is 2. The summed E-state index contributed by atoms with van der Waals surface area (Å²) in [6, 6.07) is 13.6. The van der Waals surface area contributed by atoms with E-state index in [9.17, 15) is 26.4 Å². The minimum Gasteiger partial charge on any atom is -0.443 e. The van der Waals surface area contributed by atoms with E-state index in [4.69, 9.17) is 4.42 Å². The van der Waals surface area contributed by atoms with Crippen LogP contribution in [-0.4, -0.2) is 48.2 Å². The van der Waals surface area contributed by atoms with E-state index < -0.39 is 33.7 Å². The second-order valence-corrected chi connectivity index (χ2v) is 10.8. The predicted molar refractivity (Wildman–Crippen MR) is 137 cm³/mol. The fourth-order valence-corrected chi connectivity index (χ4v) is 6.07. The van der Waals surface area contributed by atoms with Gasteiger partial charge in [0.2, 0.25) is 16.9 Å². The lowest BCUT2D eigenvalue weighted by atomic mass is 10.1. The molecule has 204 valence electrons. The molecule has 2 aromatic heterocycles. The number of para-hydroxylation sites is 1. The highest BCUT2D eigenvalue weighted by atomic mass is 32.2. The molecule has 0 spiro atoms. The highest BCUT2D eigenvalue weighted by Crippen LogP contribution is 2.32. The number of nitrogens with zero attached hydrogens (tertiary/aromatic N) is 3. The van der Waals surface area contributed by atoms with Crippen molar-refractivity contribution in [3.8, 4) is 11.3 Å². The number of halogens is 3.